The van der Waals surface area contributed by atoms with E-state index in [1.54, 1.807) is 0 Å². The summed E-state index contributed by atoms with van der Waals surface area (Å²) >= 11 is 1.38. The van der Waals surface area contributed by atoms with Gasteiger partial charge in [-0.05, 0) is 18.3 Å². The molecule has 1 amide bonds. The molecule has 0 unspecified atom stereocenters. The Balaban J connectivity index is 2.30. The quantitative estimate of drug-likeness (QED) is 0.766. The number of thioether (sulfide) groups is 1. The minimum Gasteiger partial charge on any atom is -0.352 e. The predicted molar refractivity (Wildman–Crippen MR) is 67.0 cm³/mol. The van der Waals surface area contributed by atoms with Crippen molar-refractivity contribution in [3.63, 3.8) is 0 Å². The molecule has 1 saturated carbocycles. The molecule has 1 N–H and O–H groups in total. The molecule has 1 rings (SSSR count). The van der Waals surface area contributed by atoms with Crippen LogP contribution >= 0.6 is 11.8 Å². The van der Waals surface area contributed by atoms with Gasteiger partial charge in [0, 0.05) is 6.04 Å². The molecule has 1 aliphatic carbocycles. The molecule has 3 nitrogen and oxygen atoms in total. The van der Waals surface area contributed by atoms with Crippen molar-refractivity contribution in [1.29, 1.82) is 5.26 Å². The summed E-state index contributed by atoms with van der Waals surface area (Å²) < 4.78 is 0. The summed E-state index contributed by atoms with van der Waals surface area (Å²) in [4.78, 5) is 11.6. The van der Waals surface area contributed by atoms with Gasteiger partial charge in [0.25, 0.3) is 0 Å². The van der Waals surface area contributed by atoms with Gasteiger partial charge in [0.1, 0.15) is 0 Å². The third kappa shape index (κ3) is 4.05. The van der Waals surface area contributed by atoms with E-state index in [0.717, 1.165) is 6.42 Å². The van der Waals surface area contributed by atoms with Crippen LogP contribution in [0, 0.1) is 23.2 Å². The first kappa shape index (κ1) is 13.4. The van der Waals surface area contributed by atoms with Crippen molar-refractivity contribution in [1.82, 2.24) is 5.32 Å². The fourth-order valence-electron chi connectivity index (χ4n) is 2.22. The monoisotopic (exact) mass is 240 g/mol. The van der Waals surface area contributed by atoms with Crippen LogP contribution in [-0.2, 0) is 4.79 Å². The number of nitriles is 1. The molecule has 16 heavy (non-hydrogen) atoms. The van der Waals surface area contributed by atoms with Crippen molar-refractivity contribution in [2.45, 2.75) is 39.2 Å². The van der Waals surface area contributed by atoms with E-state index in [9.17, 15) is 4.79 Å². The minimum atomic E-state index is 0.0752. The van der Waals surface area contributed by atoms with Gasteiger partial charge in [0.2, 0.25) is 5.91 Å². The second kappa shape index (κ2) is 6.80. The molecular formula is C12H20N2OS. The smallest absolute Gasteiger partial charge is 0.230 e. The Morgan fingerprint density at radius 1 is 1.50 bits per heavy atom. The second-order valence-electron chi connectivity index (χ2n) is 4.59. The van der Waals surface area contributed by atoms with E-state index in [1.165, 1.54) is 24.6 Å². The molecule has 0 aromatic heterocycles. The number of carbonyl (C=O) groups is 1. The maximum atomic E-state index is 11.6. The van der Waals surface area contributed by atoms with Gasteiger partial charge < -0.3 is 5.32 Å². The zero-order valence-electron chi connectivity index (χ0n) is 10.0. The highest BCUT2D eigenvalue weighted by molar-refractivity contribution is 8.00. The lowest BCUT2D eigenvalue weighted by molar-refractivity contribution is -0.119. The molecule has 0 bridgehead atoms. The summed E-state index contributed by atoms with van der Waals surface area (Å²) in [5, 5.41) is 11.5. The van der Waals surface area contributed by atoms with Crippen LogP contribution in [0.15, 0.2) is 0 Å². The van der Waals surface area contributed by atoms with E-state index in [0.29, 0.717) is 29.4 Å². The Morgan fingerprint density at radius 2 is 2.25 bits per heavy atom. The van der Waals surface area contributed by atoms with Crippen LogP contribution in [0.4, 0.5) is 0 Å². The number of rotatable bonds is 4. The molecule has 0 heterocycles. The highest BCUT2D eigenvalue weighted by atomic mass is 32.2. The van der Waals surface area contributed by atoms with Crippen molar-refractivity contribution >= 4 is 17.7 Å². The van der Waals surface area contributed by atoms with Crippen LogP contribution in [0.3, 0.4) is 0 Å². The Morgan fingerprint density at radius 3 is 2.94 bits per heavy atom. The van der Waals surface area contributed by atoms with Crippen LogP contribution in [0.5, 0.6) is 0 Å². The molecule has 90 valence electrons. The summed E-state index contributed by atoms with van der Waals surface area (Å²) in [5.74, 6) is 2.14. The average molecular weight is 240 g/mol. The molecule has 0 spiro atoms. The number of nitrogens with one attached hydrogen (secondary N) is 1. The maximum Gasteiger partial charge on any atom is 0.230 e. The summed E-state index contributed by atoms with van der Waals surface area (Å²) in [5.41, 5.74) is 0. The summed E-state index contributed by atoms with van der Waals surface area (Å²) in [6, 6.07) is 2.36. The summed E-state index contributed by atoms with van der Waals surface area (Å²) in [6.45, 7) is 4.48. The van der Waals surface area contributed by atoms with E-state index in [-0.39, 0.29) is 5.91 Å². The average Bonchev–Trinajstić information content (AvgIpc) is 2.25. The van der Waals surface area contributed by atoms with Crippen LogP contribution in [0.25, 0.3) is 0 Å². The molecular weight excluding hydrogens is 220 g/mol. The number of hydrogen-bond acceptors (Lipinski definition) is 3. The van der Waals surface area contributed by atoms with Crippen LogP contribution in [0.2, 0.25) is 0 Å². The summed E-state index contributed by atoms with van der Waals surface area (Å²) in [7, 11) is 0. The van der Waals surface area contributed by atoms with E-state index in [1.807, 2.05) is 6.07 Å². The van der Waals surface area contributed by atoms with Gasteiger partial charge in [-0.25, -0.2) is 0 Å². The third-order valence-electron chi connectivity index (χ3n) is 3.45. The topological polar surface area (TPSA) is 52.9 Å². The van der Waals surface area contributed by atoms with Crippen molar-refractivity contribution < 1.29 is 4.79 Å². The van der Waals surface area contributed by atoms with Gasteiger partial charge in [0.15, 0.2) is 0 Å². The van der Waals surface area contributed by atoms with Gasteiger partial charge in [-0.15, -0.1) is 11.8 Å². The Labute approximate surface area is 102 Å². The first-order valence-corrected chi connectivity index (χ1v) is 7.04. The largest absolute Gasteiger partial charge is 0.352 e. The molecule has 4 heteroatoms. The summed E-state index contributed by atoms with van der Waals surface area (Å²) in [6.07, 6.45) is 3.58. The van der Waals surface area contributed by atoms with Gasteiger partial charge in [-0.2, -0.15) is 5.26 Å². The fraction of sp³-hybridized carbons (Fsp3) is 0.833. The lowest BCUT2D eigenvalue weighted by Gasteiger charge is -2.34. The Bertz CT molecular complexity index is 275. The highest BCUT2D eigenvalue weighted by Gasteiger charge is 2.27. The highest BCUT2D eigenvalue weighted by Crippen LogP contribution is 2.29. The molecule has 0 aliphatic heterocycles. The van der Waals surface area contributed by atoms with Crippen molar-refractivity contribution in [2.75, 3.05) is 11.5 Å². The van der Waals surface area contributed by atoms with E-state index in [4.69, 9.17) is 5.26 Å². The first-order chi connectivity index (χ1) is 7.65. The van der Waals surface area contributed by atoms with Gasteiger partial charge >= 0.3 is 0 Å². The standard InChI is InChI=1S/C12H20N2OS/c1-9-4-3-5-11(10(9)2)14-12(15)8-16-7-6-13/h9-11H,3-5,7-8H2,1-2H3,(H,14,15)/t9-,10+,11+/m1/s1. The second-order valence-corrected chi connectivity index (χ2v) is 5.58. The Hall–Kier alpha value is -0.690. The van der Waals surface area contributed by atoms with Crippen molar-refractivity contribution in [3.05, 3.63) is 0 Å². The van der Waals surface area contributed by atoms with E-state index < -0.39 is 0 Å². The number of carbonyl (C=O) groups excluding carboxylic acids is 1. The Kier molecular flexibility index (Phi) is 5.68. The van der Waals surface area contributed by atoms with E-state index in [2.05, 4.69) is 19.2 Å². The van der Waals surface area contributed by atoms with Gasteiger partial charge in [-0.1, -0.05) is 26.7 Å². The molecule has 0 radical (unpaired) electrons. The van der Waals surface area contributed by atoms with Gasteiger partial charge in [-0.3, -0.25) is 4.79 Å². The zero-order chi connectivity index (χ0) is 12.0. The molecule has 0 aromatic carbocycles. The zero-order valence-corrected chi connectivity index (χ0v) is 10.8. The minimum absolute atomic E-state index is 0.0752. The molecule has 1 aliphatic rings. The number of amides is 1. The normalized spacial score (nSPS) is 29.4. The molecule has 0 saturated heterocycles. The van der Waals surface area contributed by atoms with Gasteiger partial charge in [0.05, 0.1) is 17.6 Å². The number of nitrogens with zero attached hydrogens (tertiary/aromatic N) is 1. The lowest BCUT2D eigenvalue weighted by Crippen LogP contribution is -2.44. The fourth-order valence-corrected chi connectivity index (χ4v) is 2.69. The van der Waals surface area contributed by atoms with Crippen molar-refractivity contribution in [3.8, 4) is 6.07 Å². The van der Waals surface area contributed by atoms with Crippen molar-refractivity contribution in [2.24, 2.45) is 11.8 Å². The van der Waals surface area contributed by atoms with E-state index >= 15 is 0 Å². The maximum absolute atomic E-state index is 11.6. The first-order valence-electron chi connectivity index (χ1n) is 5.89. The molecule has 1 fully saturated rings. The lowest BCUT2D eigenvalue weighted by atomic mass is 9.78. The van der Waals surface area contributed by atoms with Crippen LogP contribution in [0.1, 0.15) is 33.1 Å². The SMILES string of the molecule is C[C@H]1[C@H](C)CCC[C@@H]1NC(=O)CSCC#N. The molecule has 3 atom stereocenters. The predicted octanol–water partition coefficient (Wildman–Crippen LogP) is 2.18. The van der Waals surface area contributed by atoms with Crippen LogP contribution in [-0.4, -0.2) is 23.5 Å². The number of hydrogen-bond donors (Lipinski definition) is 1. The third-order valence-corrected chi connectivity index (χ3v) is 4.25. The molecule has 0 aromatic rings. The van der Waals surface area contributed by atoms with Crippen LogP contribution < -0.4 is 5.32 Å².